The summed E-state index contributed by atoms with van der Waals surface area (Å²) in [4.78, 5) is 19.6. The van der Waals surface area contributed by atoms with Gasteiger partial charge < -0.3 is 15.5 Å². The van der Waals surface area contributed by atoms with Crippen molar-refractivity contribution < 1.29 is 4.79 Å². The Morgan fingerprint density at radius 1 is 1.10 bits per heavy atom. The molecule has 1 atom stereocenters. The molecule has 156 valence electrons. The molecule has 2 aliphatic rings. The van der Waals surface area contributed by atoms with E-state index >= 15 is 0 Å². The number of hydrogen-bond donors (Lipinski definition) is 2. The van der Waals surface area contributed by atoms with Gasteiger partial charge in [-0.2, -0.15) is 0 Å². The number of aliphatic imine (C=N–C) groups is 1. The molecular formula is C22H22Cl2N4OS. The van der Waals surface area contributed by atoms with Crippen LogP contribution < -0.4 is 15.5 Å². The summed E-state index contributed by atoms with van der Waals surface area (Å²) in [6, 6.07) is 13.2. The highest BCUT2D eigenvalue weighted by Crippen LogP contribution is 2.31. The third kappa shape index (κ3) is 4.31. The van der Waals surface area contributed by atoms with Crippen LogP contribution in [0.3, 0.4) is 0 Å². The molecule has 0 aromatic heterocycles. The van der Waals surface area contributed by atoms with E-state index in [1.54, 1.807) is 30.1 Å². The molecule has 1 aliphatic carbocycles. The number of benzodiazepines with no additional fused rings is 1. The highest BCUT2D eigenvalue weighted by molar-refractivity contribution is 7.80. The summed E-state index contributed by atoms with van der Waals surface area (Å²) >= 11 is 18.3. The van der Waals surface area contributed by atoms with E-state index in [9.17, 15) is 4.79 Å². The average Bonchev–Trinajstić information content (AvgIpc) is 3.20. The van der Waals surface area contributed by atoms with Gasteiger partial charge in [0.15, 0.2) is 5.11 Å². The molecule has 1 aliphatic heterocycles. The van der Waals surface area contributed by atoms with Gasteiger partial charge in [0.2, 0.25) is 6.17 Å². The van der Waals surface area contributed by atoms with Crippen LogP contribution in [0.15, 0.2) is 47.5 Å². The Bertz CT molecular complexity index is 1020. The van der Waals surface area contributed by atoms with Crippen LogP contribution >= 0.6 is 35.4 Å². The molecule has 0 bridgehead atoms. The molecule has 1 unspecified atom stereocenters. The third-order valence-corrected chi connectivity index (χ3v) is 6.29. The molecule has 0 spiro atoms. The van der Waals surface area contributed by atoms with E-state index in [1.807, 2.05) is 24.3 Å². The molecular weight excluding hydrogens is 439 g/mol. The highest BCUT2D eigenvalue weighted by atomic mass is 35.5. The van der Waals surface area contributed by atoms with Gasteiger partial charge in [-0.05, 0) is 49.3 Å². The summed E-state index contributed by atoms with van der Waals surface area (Å²) < 4.78 is 0. The normalized spacial score (nSPS) is 19.2. The quantitative estimate of drug-likeness (QED) is 0.660. The zero-order valence-electron chi connectivity index (χ0n) is 16.5. The van der Waals surface area contributed by atoms with E-state index in [2.05, 4.69) is 10.6 Å². The largest absolute Gasteiger partial charge is 0.360 e. The van der Waals surface area contributed by atoms with E-state index in [0.29, 0.717) is 32.6 Å². The fourth-order valence-electron chi connectivity index (χ4n) is 3.93. The lowest BCUT2D eigenvalue weighted by Crippen LogP contribution is -2.50. The Kier molecular flexibility index (Phi) is 6.27. The van der Waals surface area contributed by atoms with Crippen LogP contribution in [0, 0.1) is 0 Å². The molecule has 0 saturated heterocycles. The predicted molar refractivity (Wildman–Crippen MR) is 127 cm³/mol. The number of carbonyl (C=O) groups excluding carboxylic acids is 1. The number of thiocarbonyl (C=S) groups is 1. The van der Waals surface area contributed by atoms with Gasteiger partial charge in [0.25, 0.3) is 5.91 Å². The first kappa shape index (κ1) is 21.1. The Hall–Kier alpha value is -2.15. The van der Waals surface area contributed by atoms with E-state index in [0.717, 1.165) is 24.0 Å². The van der Waals surface area contributed by atoms with Crippen LogP contribution in [0.4, 0.5) is 5.69 Å². The number of halogens is 2. The number of likely N-dealkylation sites (N-methyl/N-ethyl adjacent to an activating group) is 1. The van der Waals surface area contributed by atoms with Gasteiger partial charge in [-0.3, -0.25) is 4.79 Å². The number of benzene rings is 2. The standard InChI is InChI=1S/C22H22Cl2N4OS/c1-28-18-11-10-13(23)12-16(18)19(15-8-4-5-9-17(15)24)26-20(21(28)29)27-22(30)25-14-6-2-3-7-14/h4-5,8-12,14,20H,2-3,6-7H2,1H3,(H2,25,27,30). The van der Waals surface area contributed by atoms with Crippen LogP contribution in [0.1, 0.15) is 36.8 Å². The summed E-state index contributed by atoms with van der Waals surface area (Å²) in [7, 11) is 1.72. The van der Waals surface area contributed by atoms with Crippen LogP contribution in [-0.2, 0) is 4.79 Å². The fraction of sp³-hybridized carbons (Fsp3) is 0.318. The molecule has 2 aromatic carbocycles. The first-order chi connectivity index (χ1) is 14.4. The number of amides is 1. The second kappa shape index (κ2) is 8.92. The van der Waals surface area contributed by atoms with Crippen molar-refractivity contribution in [2.24, 2.45) is 4.99 Å². The van der Waals surface area contributed by atoms with Crippen molar-refractivity contribution in [1.29, 1.82) is 0 Å². The second-order valence-electron chi connectivity index (χ2n) is 7.52. The maximum absolute atomic E-state index is 13.2. The molecule has 1 amide bonds. The van der Waals surface area contributed by atoms with Crippen molar-refractivity contribution in [3.63, 3.8) is 0 Å². The number of hydrogen-bond acceptors (Lipinski definition) is 3. The van der Waals surface area contributed by atoms with Gasteiger partial charge >= 0.3 is 0 Å². The first-order valence-electron chi connectivity index (χ1n) is 9.91. The Labute approximate surface area is 191 Å². The van der Waals surface area contributed by atoms with Crippen molar-refractivity contribution in [2.45, 2.75) is 37.9 Å². The molecule has 30 heavy (non-hydrogen) atoms. The number of rotatable bonds is 3. The topological polar surface area (TPSA) is 56.7 Å². The summed E-state index contributed by atoms with van der Waals surface area (Å²) in [6.45, 7) is 0. The Morgan fingerprint density at radius 2 is 1.83 bits per heavy atom. The lowest BCUT2D eigenvalue weighted by atomic mass is 10.00. The van der Waals surface area contributed by atoms with Crippen molar-refractivity contribution in [1.82, 2.24) is 10.6 Å². The van der Waals surface area contributed by atoms with Gasteiger partial charge in [0, 0.05) is 34.3 Å². The van der Waals surface area contributed by atoms with Crippen molar-refractivity contribution in [3.8, 4) is 0 Å². The lowest BCUT2D eigenvalue weighted by molar-refractivity contribution is -0.119. The number of carbonyl (C=O) groups is 1. The maximum atomic E-state index is 13.2. The van der Waals surface area contributed by atoms with E-state index < -0.39 is 6.17 Å². The summed E-state index contributed by atoms with van der Waals surface area (Å²) in [6.07, 6.45) is 3.66. The van der Waals surface area contributed by atoms with Gasteiger partial charge in [-0.15, -0.1) is 0 Å². The monoisotopic (exact) mass is 460 g/mol. The zero-order chi connectivity index (χ0) is 21.3. The Morgan fingerprint density at radius 3 is 2.57 bits per heavy atom. The van der Waals surface area contributed by atoms with Crippen LogP contribution in [0.2, 0.25) is 10.0 Å². The van der Waals surface area contributed by atoms with Gasteiger partial charge in [-0.25, -0.2) is 4.99 Å². The van der Waals surface area contributed by atoms with E-state index in [-0.39, 0.29) is 5.91 Å². The predicted octanol–water partition coefficient (Wildman–Crippen LogP) is 4.54. The number of anilines is 1. The summed E-state index contributed by atoms with van der Waals surface area (Å²) in [5.41, 5.74) is 2.77. The minimum Gasteiger partial charge on any atom is -0.360 e. The van der Waals surface area contributed by atoms with Crippen LogP contribution in [0.5, 0.6) is 0 Å². The first-order valence-corrected chi connectivity index (χ1v) is 11.1. The number of fused-ring (bicyclic) bond motifs is 1. The average molecular weight is 461 g/mol. The highest BCUT2D eigenvalue weighted by Gasteiger charge is 2.31. The Balaban J connectivity index is 1.75. The molecule has 0 radical (unpaired) electrons. The molecule has 2 N–H and O–H groups in total. The van der Waals surface area contributed by atoms with Crippen molar-refractivity contribution in [2.75, 3.05) is 11.9 Å². The second-order valence-corrected chi connectivity index (χ2v) is 8.77. The fourth-order valence-corrected chi connectivity index (χ4v) is 4.61. The lowest BCUT2D eigenvalue weighted by Gasteiger charge is -2.23. The van der Waals surface area contributed by atoms with E-state index in [4.69, 9.17) is 40.4 Å². The minimum atomic E-state index is -0.881. The molecule has 8 heteroatoms. The molecule has 1 heterocycles. The molecule has 2 aromatic rings. The minimum absolute atomic E-state index is 0.212. The maximum Gasteiger partial charge on any atom is 0.272 e. The molecule has 4 rings (SSSR count). The molecule has 1 fully saturated rings. The summed E-state index contributed by atoms with van der Waals surface area (Å²) in [5.74, 6) is -0.212. The SMILES string of the molecule is CN1C(=O)C(NC(=S)NC2CCCC2)N=C(c2ccccc2Cl)c2cc(Cl)ccc21. The molecule has 1 saturated carbocycles. The summed E-state index contributed by atoms with van der Waals surface area (Å²) in [5, 5.41) is 7.94. The third-order valence-electron chi connectivity index (χ3n) is 5.48. The number of nitrogens with one attached hydrogen (secondary N) is 2. The van der Waals surface area contributed by atoms with Crippen molar-refractivity contribution in [3.05, 3.63) is 63.6 Å². The van der Waals surface area contributed by atoms with Crippen LogP contribution in [-0.4, -0.2) is 36.0 Å². The molecule has 5 nitrogen and oxygen atoms in total. The zero-order valence-corrected chi connectivity index (χ0v) is 18.8. The van der Waals surface area contributed by atoms with Gasteiger partial charge in [0.1, 0.15) is 0 Å². The van der Waals surface area contributed by atoms with Crippen molar-refractivity contribution >= 4 is 57.8 Å². The van der Waals surface area contributed by atoms with Gasteiger partial charge in [-0.1, -0.05) is 54.2 Å². The van der Waals surface area contributed by atoms with Crippen LogP contribution in [0.25, 0.3) is 0 Å². The van der Waals surface area contributed by atoms with Gasteiger partial charge in [0.05, 0.1) is 11.4 Å². The van der Waals surface area contributed by atoms with E-state index in [1.165, 1.54) is 12.8 Å². The smallest absolute Gasteiger partial charge is 0.272 e. The number of nitrogens with zero attached hydrogens (tertiary/aromatic N) is 2.